The first kappa shape index (κ1) is 25.3. The van der Waals surface area contributed by atoms with Crippen LogP contribution in [0.25, 0.3) is 55.6 Å². The van der Waals surface area contributed by atoms with Crippen LogP contribution in [0.5, 0.6) is 0 Å². The van der Waals surface area contributed by atoms with Crippen molar-refractivity contribution < 1.29 is 18.3 Å². The Kier molecular flexibility index (Phi) is 6.75. The third-order valence-electron chi connectivity index (χ3n) is 7.45. The van der Waals surface area contributed by atoms with Gasteiger partial charge in [0.25, 0.3) is 0 Å². The Hall–Kier alpha value is -4.96. The van der Waals surface area contributed by atoms with Crippen LogP contribution in [0.15, 0.2) is 135 Å². The Balaban J connectivity index is 1.57. The van der Waals surface area contributed by atoms with Crippen molar-refractivity contribution in [2.45, 2.75) is 0 Å². The molecule has 4 nitrogen and oxygen atoms in total. The topological polar surface area (TPSA) is 15.5 Å². The molecular formula is C36H34N4+4. The molecule has 40 heavy (non-hydrogen) atoms. The van der Waals surface area contributed by atoms with Crippen LogP contribution in [-0.2, 0) is 28.2 Å². The Labute approximate surface area is 236 Å². The highest BCUT2D eigenvalue weighted by Gasteiger charge is 2.13. The highest BCUT2D eigenvalue weighted by molar-refractivity contribution is 5.85. The molecule has 0 radical (unpaired) electrons. The molecule has 0 saturated carbocycles. The molecule has 0 aliphatic carbocycles. The second-order valence-electron chi connectivity index (χ2n) is 10.6. The van der Waals surface area contributed by atoms with E-state index < -0.39 is 0 Å². The van der Waals surface area contributed by atoms with Crippen LogP contribution in [0.3, 0.4) is 0 Å². The van der Waals surface area contributed by atoms with E-state index in [0.717, 1.165) is 0 Å². The van der Waals surface area contributed by atoms with Gasteiger partial charge in [0.15, 0.2) is 49.6 Å². The van der Waals surface area contributed by atoms with Crippen molar-refractivity contribution in [3.8, 4) is 55.6 Å². The summed E-state index contributed by atoms with van der Waals surface area (Å²) in [6.45, 7) is 0. The number of pyridine rings is 4. The maximum absolute atomic E-state index is 2.32. The fraction of sp³-hybridized carbons (Fsp3) is 0.111. The quantitative estimate of drug-likeness (QED) is 0.273. The van der Waals surface area contributed by atoms with E-state index >= 15 is 0 Å². The van der Waals surface area contributed by atoms with Gasteiger partial charge < -0.3 is 0 Å². The number of benzene rings is 2. The smallest absolute Gasteiger partial charge is 0.169 e. The van der Waals surface area contributed by atoms with Gasteiger partial charge in [-0.15, -0.1) is 0 Å². The second-order valence-corrected chi connectivity index (χ2v) is 10.6. The maximum Gasteiger partial charge on any atom is 0.169 e. The molecule has 4 aromatic heterocycles. The molecule has 6 rings (SSSR count). The largest absolute Gasteiger partial charge is 0.208 e. The number of hydrogen-bond acceptors (Lipinski definition) is 0. The first-order chi connectivity index (χ1) is 19.4. The number of aromatic nitrogens is 4. The first-order valence-corrected chi connectivity index (χ1v) is 13.5. The third-order valence-corrected chi connectivity index (χ3v) is 7.45. The zero-order valence-corrected chi connectivity index (χ0v) is 23.5. The zero-order chi connectivity index (χ0) is 27.6. The lowest BCUT2D eigenvalue weighted by molar-refractivity contribution is -0.671. The predicted molar refractivity (Wildman–Crippen MR) is 158 cm³/mol. The second kappa shape index (κ2) is 10.7. The normalized spacial score (nSPS) is 11.0. The fourth-order valence-corrected chi connectivity index (χ4v) is 5.03. The SMILES string of the molecule is C[n+]1ccc(-c2cc(-c3cc[n+](C)cc3)cc(-c3cc(-c4cc[n+](C)cc4)cc(-c4cc[n+](C)cc4)c3)c2)cc1. The summed E-state index contributed by atoms with van der Waals surface area (Å²) in [5, 5.41) is 0. The number of aryl methyl sites for hydroxylation is 4. The molecule has 4 heterocycles. The molecule has 0 spiro atoms. The first-order valence-electron chi connectivity index (χ1n) is 13.5. The lowest BCUT2D eigenvalue weighted by atomic mass is 9.90. The van der Waals surface area contributed by atoms with E-state index in [1.165, 1.54) is 55.6 Å². The Morgan fingerprint density at radius 2 is 0.400 bits per heavy atom. The summed E-state index contributed by atoms with van der Waals surface area (Å²) >= 11 is 0. The monoisotopic (exact) mass is 522 g/mol. The molecule has 0 bridgehead atoms. The highest BCUT2D eigenvalue weighted by Crippen LogP contribution is 2.36. The molecule has 0 saturated heterocycles. The van der Waals surface area contributed by atoms with E-state index in [1.54, 1.807) is 0 Å². The minimum Gasteiger partial charge on any atom is -0.208 e. The van der Waals surface area contributed by atoms with Crippen molar-refractivity contribution in [1.29, 1.82) is 0 Å². The summed E-state index contributed by atoms with van der Waals surface area (Å²) in [4.78, 5) is 0. The van der Waals surface area contributed by atoms with Crippen molar-refractivity contribution in [3.05, 3.63) is 135 Å². The molecule has 0 aliphatic rings. The summed E-state index contributed by atoms with van der Waals surface area (Å²) < 4.78 is 8.28. The molecular weight excluding hydrogens is 488 g/mol. The molecule has 0 unspecified atom stereocenters. The molecule has 0 N–H and O–H groups in total. The van der Waals surface area contributed by atoms with Crippen LogP contribution in [0.1, 0.15) is 0 Å². The van der Waals surface area contributed by atoms with Crippen LogP contribution in [-0.4, -0.2) is 0 Å². The van der Waals surface area contributed by atoms with E-state index in [9.17, 15) is 0 Å². The van der Waals surface area contributed by atoms with Gasteiger partial charge in [-0.3, -0.25) is 0 Å². The van der Waals surface area contributed by atoms with Crippen LogP contribution in [0, 0.1) is 0 Å². The van der Waals surface area contributed by atoms with E-state index in [1.807, 2.05) is 0 Å². The summed E-state index contributed by atoms with van der Waals surface area (Å²) in [5.74, 6) is 0. The summed E-state index contributed by atoms with van der Waals surface area (Å²) in [7, 11) is 8.21. The lowest BCUT2D eigenvalue weighted by Gasteiger charge is -2.14. The third kappa shape index (κ3) is 5.43. The zero-order valence-electron chi connectivity index (χ0n) is 23.5. The Morgan fingerprint density at radius 3 is 0.575 bits per heavy atom. The number of rotatable bonds is 5. The van der Waals surface area contributed by atoms with Gasteiger partial charge in [0.2, 0.25) is 0 Å². The molecule has 194 valence electrons. The molecule has 0 atom stereocenters. The van der Waals surface area contributed by atoms with E-state index in [4.69, 9.17) is 0 Å². The van der Waals surface area contributed by atoms with E-state index in [-0.39, 0.29) is 0 Å². The van der Waals surface area contributed by atoms with Crippen molar-refractivity contribution >= 4 is 0 Å². The average molecular weight is 523 g/mol. The Morgan fingerprint density at radius 1 is 0.250 bits per heavy atom. The van der Waals surface area contributed by atoms with Gasteiger partial charge in [-0.25, -0.2) is 18.3 Å². The average Bonchev–Trinajstić information content (AvgIpc) is 2.98. The summed E-state index contributed by atoms with van der Waals surface area (Å²) in [6, 6.07) is 31.4. The maximum atomic E-state index is 2.32. The number of hydrogen-bond donors (Lipinski definition) is 0. The van der Waals surface area contributed by atoms with Crippen LogP contribution in [0.4, 0.5) is 0 Å². The fourth-order valence-electron chi connectivity index (χ4n) is 5.03. The van der Waals surface area contributed by atoms with Gasteiger partial charge in [-0.2, -0.15) is 0 Å². The van der Waals surface area contributed by atoms with Gasteiger partial charge in [0.1, 0.15) is 28.2 Å². The molecule has 0 amide bonds. The van der Waals surface area contributed by atoms with Gasteiger partial charge in [0, 0.05) is 48.5 Å². The van der Waals surface area contributed by atoms with Crippen molar-refractivity contribution in [3.63, 3.8) is 0 Å². The minimum absolute atomic E-state index is 1.19. The van der Waals surface area contributed by atoms with Crippen molar-refractivity contribution in [2.24, 2.45) is 28.2 Å². The Bertz CT molecular complexity index is 1520. The highest BCUT2D eigenvalue weighted by atomic mass is 14.9. The lowest BCUT2D eigenvalue weighted by Crippen LogP contribution is -2.25. The summed E-state index contributed by atoms with van der Waals surface area (Å²) in [6.07, 6.45) is 16.8. The van der Waals surface area contributed by atoms with Crippen molar-refractivity contribution in [2.75, 3.05) is 0 Å². The molecule has 6 aromatic rings. The van der Waals surface area contributed by atoms with Gasteiger partial charge >= 0.3 is 0 Å². The minimum atomic E-state index is 1.19. The molecule has 4 heteroatoms. The van der Waals surface area contributed by atoms with Gasteiger partial charge in [-0.1, -0.05) is 0 Å². The van der Waals surface area contributed by atoms with E-state index in [0.29, 0.717) is 0 Å². The predicted octanol–water partition coefficient (Wildman–Crippen LogP) is 5.32. The molecule has 2 aromatic carbocycles. The molecule has 0 aliphatic heterocycles. The van der Waals surface area contributed by atoms with Crippen LogP contribution in [0.2, 0.25) is 0 Å². The molecule has 0 fully saturated rings. The van der Waals surface area contributed by atoms with Crippen LogP contribution < -0.4 is 18.3 Å². The van der Waals surface area contributed by atoms with E-state index in [2.05, 4.69) is 181 Å². The number of nitrogens with zero attached hydrogens (tertiary/aromatic N) is 4. The van der Waals surface area contributed by atoms with Gasteiger partial charge in [-0.05, 0) is 92.0 Å². The summed E-state index contributed by atoms with van der Waals surface area (Å²) in [5.41, 5.74) is 12.0. The van der Waals surface area contributed by atoms with Crippen LogP contribution >= 0.6 is 0 Å². The standard InChI is InChI=1S/C36H34N4/c1-37-13-5-27(6-14-37)31-21-32(28-7-15-38(2)16-8-28)24-35(23-31)36-25-33(29-9-17-39(3)18-10-29)22-34(26-36)30-11-19-40(4)20-12-30/h5-26H,1-4H3/q+4. The van der Waals surface area contributed by atoms with Crippen molar-refractivity contribution in [1.82, 2.24) is 0 Å². The van der Waals surface area contributed by atoms with Gasteiger partial charge in [0.05, 0.1) is 0 Å².